The van der Waals surface area contributed by atoms with Crippen molar-refractivity contribution in [3.05, 3.63) is 29.3 Å². The van der Waals surface area contributed by atoms with Gasteiger partial charge >= 0.3 is 5.97 Å². The molecule has 17 heavy (non-hydrogen) atoms. The zero-order chi connectivity index (χ0) is 13.0. The van der Waals surface area contributed by atoms with Gasteiger partial charge in [-0.25, -0.2) is 0 Å². The van der Waals surface area contributed by atoms with E-state index in [1.807, 2.05) is 6.92 Å². The highest BCUT2D eigenvalue weighted by Gasteiger charge is 2.12. The van der Waals surface area contributed by atoms with Crippen molar-refractivity contribution in [1.29, 1.82) is 0 Å². The van der Waals surface area contributed by atoms with E-state index in [4.69, 9.17) is 10.8 Å². The lowest BCUT2D eigenvalue weighted by atomic mass is 10.1. The summed E-state index contributed by atoms with van der Waals surface area (Å²) in [6.07, 6.45) is -0.0975. The van der Waals surface area contributed by atoms with Crippen molar-refractivity contribution >= 4 is 17.6 Å². The Hall–Kier alpha value is -2.04. The van der Waals surface area contributed by atoms with Crippen molar-refractivity contribution in [1.82, 2.24) is 5.32 Å². The first-order valence-corrected chi connectivity index (χ1v) is 5.29. The molecule has 0 saturated carbocycles. The average molecular weight is 236 g/mol. The van der Waals surface area contributed by atoms with E-state index in [1.54, 1.807) is 25.1 Å². The molecule has 4 N–H and O–H groups in total. The highest BCUT2D eigenvalue weighted by atomic mass is 16.4. The van der Waals surface area contributed by atoms with E-state index >= 15 is 0 Å². The zero-order valence-corrected chi connectivity index (χ0v) is 9.86. The normalized spacial score (nSPS) is 11.9. The van der Waals surface area contributed by atoms with Gasteiger partial charge in [0.2, 0.25) is 0 Å². The molecule has 0 fully saturated rings. The maximum Gasteiger partial charge on any atom is 0.305 e. The molecule has 92 valence electrons. The molecular weight excluding hydrogens is 220 g/mol. The van der Waals surface area contributed by atoms with E-state index < -0.39 is 12.0 Å². The van der Waals surface area contributed by atoms with Crippen molar-refractivity contribution in [2.45, 2.75) is 26.3 Å². The Morgan fingerprint density at radius 1 is 1.47 bits per heavy atom. The van der Waals surface area contributed by atoms with Crippen molar-refractivity contribution < 1.29 is 14.7 Å². The summed E-state index contributed by atoms with van der Waals surface area (Å²) >= 11 is 0. The summed E-state index contributed by atoms with van der Waals surface area (Å²) in [6, 6.07) is 4.55. The Kier molecular flexibility index (Phi) is 4.09. The number of hydrogen-bond acceptors (Lipinski definition) is 3. The summed E-state index contributed by atoms with van der Waals surface area (Å²) in [7, 11) is 0. The predicted octanol–water partition coefficient (Wildman–Crippen LogP) is 1.17. The van der Waals surface area contributed by atoms with Crippen molar-refractivity contribution in [2.75, 3.05) is 5.73 Å². The molecule has 0 heterocycles. The number of carbonyl (C=O) groups is 2. The topological polar surface area (TPSA) is 92.4 Å². The van der Waals surface area contributed by atoms with Crippen LogP contribution in [0.4, 0.5) is 5.69 Å². The minimum atomic E-state index is -0.939. The first-order chi connectivity index (χ1) is 7.90. The van der Waals surface area contributed by atoms with Gasteiger partial charge in [0, 0.05) is 17.3 Å². The number of anilines is 1. The number of carbonyl (C=O) groups excluding carboxylic acids is 1. The summed E-state index contributed by atoms with van der Waals surface area (Å²) in [4.78, 5) is 22.2. The average Bonchev–Trinajstić information content (AvgIpc) is 2.20. The van der Waals surface area contributed by atoms with Gasteiger partial charge in [0.25, 0.3) is 5.91 Å². The Labute approximate surface area is 99.6 Å². The molecule has 0 aliphatic carbocycles. The molecular formula is C12H16N2O3. The number of aryl methyl sites for hydroxylation is 1. The van der Waals surface area contributed by atoms with Crippen LogP contribution in [0.25, 0.3) is 0 Å². The number of nitrogens with two attached hydrogens (primary N) is 1. The van der Waals surface area contributed by atoms with Gasteiger partial charge < -0.3 is 16.2 Å². The molecule has 1 unspecified atom stereocenters. The third-order valence-electron chi connectivity index (χ3n) is 2.39. The molecule has 1 atom stereocenters. The Balaban J connectivity index is 2.70. The van der Waals surface area contributed by atoms with Crippen LogP contribution in [0.5, 0.6) is 0 Å². The van der Waals surface area contributed by atoms with Crippen LogP contribution < -0.4 is 11.1 Å². The maximum atomic E-state index is 11.8. The summed E-state index contributed by atoms with van der Waals surface area (Å²) in [6.45, 7) is 3.46. The van der Waals surface area contributed by atoms with E-state index in [9.17, 15) is 9.59 Å². The standard InChI is InChI=1S/C12H16N2O3/c1-7-5-9(3-4-10(7)13)12(17)14-8(2)6-11(15)16/h3-5,8H,6,13H2,1-2H3,(H,14,17)(H,15,16). The number of hydrogen-bond donors (Lipinski definition) is 3. The van der Waals surface area contributed by atoms with E-state index in [2.05, 4.69) is 5.32 Å². The monoisotopic (exact) mass is 236 g/mol. The van der Waals surface area contributed by atoms with Gasteiger partial charge in [-0.2, -0.15) is 0 Å². The fraction of sp³-hybridized carbons (Fsp3) is 0.333. The predicted molar refractivity (Wildman–Crippen MR) is 64.8 cm³/mol. The fourth-order valence-electron chi connectivity index (χ4n) is 1.44. The largest absolute Gasteiger partial charge is 0.481 e. The van der Waals surface area contributed by atoms with Crippen LogP contribution in [0.15, 0.2) is 18.2 Å². The van der Waals surface area contributed by atoms with Gasteiger partial charge in [0.15, 0.2) is 0 Å². The molecule has 5 nitrogen and oxygen atoms in total. The highest BCUT2D eigenvalue weighted by molar-refractivity contribution is 5.95. The third kappa shape index (κ3) is 3.79. The van der Waals surface area contributed by atoms with E-state index in [0.29, 0.717) is 11.3 Å². The zero-order valence-electron chi connectivity index (χ0n) is 9.86. The van der Waals surface area contributed by atoms with Crippen LogP contribution in [0.2, 0.25) is 0 Å². The van der Waals surface area contributed by atoms with E-state index in [-0.39, 0.29) is 12.3 Å². The van der Waals surface area contributed by atoms with Crippen LogP contribution in [0, 0.1) is 6.92 Å². The van der Waals surface area contributed by atoms with Gasteiger partial charge in [-0.05, 0) is 37.6 Å². The second-order valence-electron chi connectivity index (χ2n) is 4.04. The lowest BCUT2D eigenvalue weighted by molar-refractivity contribution is -0.137. The molecule has 5 heteroatoms. The molecule has 0 radical (unpaired) electrons. The van der Waals surface area contributed by atoms with Crippen LogP contribution in [-0.4, -0.2) is 23.0 Å². The summed E-state index contributed by atoms with van der Waals surface area (Å²) in [5.74, 6) is -1.23. The SMILES string of the molecule is Cc1cc(C(=O)NC(C)CC(=O)O)ccc1N. The van der Waals surface area contributed by atoms with Gasteiger partial charge in [-0.15, -0.1) is 0 Å². The van der Waals surface area contributed by atoms with E-state index in [0.717, 1.165) is 5.56 Å². The molecule has 1 rings (SSSR count). The Morgan fingerprint density at radius 3 is 2.65 bits per heavy atom. The third-order valence-corrected chi connectivity index (χ3v) is 2.39. The number of nitrogen functional groups attached to an aromatic ring is 1. The minimum absolute atomic E-state index is 0.0975. The number of amides is 1. The smallest absolute Gasteiger partial charge is 0.305 e. The Bertz CT molecular complexity index is 443. The van der Waals surface area contributed by atoms with Crippen LogP contribution in [0.3, 0.4) is 0 Å². The summed E-state index contributed by atoms with van der Waals surface area (Å²) in [5.41, 5.74) is 7.57. The van der Waals surface area contributed by atoms with Crippen molar-refractivity contribution in [2.24, 2.45) is 0 Å². The van der Waals surface area contributed by atoms with Crippen LogP contribution in [0.1, 0.15) is 29.3 Å². The molecule has 1 amide bonds. The molecule has 0 saturated heterocycles. The molecule has 0 bridgehead atoms. The second-order valence-corrected chi connectivity index (χ2v) is 4.04. The quantitative estimate of drug-likeness (QED) is 0.684. The van der Waals surface area contributed by atoms with Crippen LogP contribution >= 0.6 is 0 Å². The molecule has 0 spiro atoms. The first-order valence-electron chi connectivity index (χ1n) is 5.29. The first kappa shape index (κ1) is 13.0. The van der Waals surface area contributed by atoms with Gasteiger partial charge in [-0.1, -0.05) is 0 Å². The number of carboxylic acid groups (broad SMARTS) is 1. The molecule has 1 aromatic rings. The fourth-order valence-corrected chi connectivity index (χ4v) is 1.44. The summed E-state index contributed by atoms with van der Waals surface area (Å²) in [5, 5.41) is 11.2. The Morgan fingerprint density at radius 2 is 2.12 bits per heavy atom. The number of aliphatic carboxylic acids is 1. The van der Waals surface area contributed by atoms with Crippen LogP contribution in [-0.2, 0) is 4.79 Å². The molecule has 0 aliphatic heterocycles. The van der Waals surface area contributed by atoms with Gasteiger partial charge in [-0.3, -0.25) is 9.59 Å². The summed E-state index contributed by atoms with van der Waals surface area (Å²) < 4.78 is 0. The van der Waals surface area contributed by atoms with Crippen molar-refractivity contribution in [3.63, 3.8) is 0 Å². The molecule has 0 aromatic heterocycles. The number of rotatable bonds is 4. The number of carboxylic acids is 1. The van der Waals surface area contributed by atoms with Crippen molar-refractivity contribution in [3.8, 4) is 0 Å². The molecule has 0 aliphatic rings. The second kappa shape index (κ2) is 5.34. The maximum absolute atomic E-state index is 11.8. The van der Waals surface area contributed by atoms with Gasteiger partial charge in [0.1, 0.15) is 0 Å². The lowest BCUT2D eigenvalue weighted by Gasteiger charge is -2.12. The lowest BCUT2D eigenvalue weighted by Crippen LogP contribution is -2.34. The minimum Gasteiger partial charge on any atom is -0.481 e. The number of benzene rings is 1. The van der Waals surface area contributed by atoms with E-state index in [1.165, 1.54) is 0 Å². The molecule has 1 aromatic carbocycles. The highest BCUT2D eigenvalue weighted by Crippen LogP contribution is 2.12. The number of nitrogens with one attached hydrogen (secondary N) is 1. The van der Waals surface area contributed by atoms with Gasteiger partial charge in [0.05, 0.1) is 6.42 Å².